The maximum absolute atomic E-state index is 12.5. The smallest absolute Gasteiger partial charge is 0.227 e. The highest BCUT2D eigenvalue weighted by Gasteiger charge is 2.22. The molecule has 148 valence electrons. The van der Waals surface area contributed by atoms with Crippen LogP contribution in [0.3, 0.4) is 0 Å². The number of carbonyl (C=O) groups excluding carboxylic acids is 1. The van der Waals surface area contributed by atoms with Crippen molar-refractivity contribution in [2.75, 3.05) is 36.4 Å². The summed E-state index contributed by atoms with van der Waals surface area (Å²) in [6.45, 7) is 5.00. The molecule has 6 heteroatoms. The fourth-order valence-electron chi connectivity index (χ4n) is 3.41. The zero-order chi connectivity index (χ0) is 20.1. The Morgan fingerprint density at radius 3 is 2.28 bits per heavy atom. The summed E-state index contributed by atoms with van der Waals surface area (Å²) in [5, 5.41) is 11.9. The normalized spacial score (nSPS) is 14.0. The summed E-state index contributed by atoms with van der Waals surface area (Å²) >= 11 is 0. The molecular weight excluding hydrogens is 362 g/mol. The molecule has 0 radical (unpaired) electrons. The van der Waals surface area contributed by atoms with Crippen LogP contribution in [0.1, 0.15) is 11.1 Å². The predicted octanol–water partition coefficient (Wildman–Crippen LogP) is 3.42. The van der Waals surface area contributed by atoms with Crippen LogP contribution in [0.15, 0.2) is 66.7 Å². The predicted molar refractivity (Wildman–Crippen MR) is 115 cm³/mol. The van der Waals surface area contributed by atoms with E-state index in [1.54, 1.807) is 0 Å². The zero-order valence-corrected chi connectivity index (χ0v) is 16.6. The number of nitrogens with zero attached hydrogens (tertiary/aromatic N) is 4. The molecule has 1 aromatic heterocycles. The van der Waals surface area contributed by atoms with Crippen molar-refractivity contribution in [2.24, 2.45) is 0 Å². The molecule has 0 spiro atoms. The third-order valence-corrected chi connectivity index (χ3v) is 5.13. The van der Waals surface area contributed by atoms with E-state index in [1.165, 1.54) is 5.56 Å². The van der Waals surface area contributed by atoms with Crippen LogP contribution in [0.2, 0.25) is 0 Å². The maximum atomic E-state index is 12.5. The third kappa shape index (κ3) is 4.90. The van der Waals surface area contributed by atoms with Gasteiger partial charge in [0.1, 0.15) is 0 Å². The van der Waals surface area contributed by atoms with Gasteiger partial charge in [0.15, 0.2) is 11.6 Å². The van der Waals surface area contributed by atoms with Crippen LogP contribution in [0.4, 0.5) is 17.3 Å². The Balaban J connectivity index is 1.30. The monoisotopic (exact) mass is 387 g/mol. The van der Waals surface area contributed by atoms with Crippen LogP contribution in [0, 0.1) is 6.92 Å². The van der Waals surface area contributed by atoms with Gasteiger partial charge < -0.3 is 15.1 Å². The van der Waals surface area contributed by atoms with Gasteiger partial charge in [0.05, 0.1) is 6.42 Å². The molecule has 3 aromatic rings. The van der Waals surface area contributed by atoms with Crippen molar-refractivity contribution in [3.8, 4) is 0 Å². The Morgan fingerprint density at radius 2 is 1.62 bits per heavy atom. The molecule has 0 atom stereocenters. The number of benzene rings is 2. The van der Waals surface area contributed by atoms with E-state index in [1.807, 2.05) is 59.5 Å². The first-order valence-electron chi connectivity index (χ1n) is 9.91. The Labute approximate surface area is 171 Å². The lowest BCUT2D eigenvalue weighted by molar-refractivity contribution is -0.130. The van der Waals surface area contributed by atoms with Crippen LogP contribution >= 0.6 is 0 Å². The summed E-state index contributed by atoms with van der Waals surface area (Å²) in [6.07, 6.45) is 0.458. The van der Waals surface area contributed by atoms with Gasteiger partial charge in [0.25, 0.3) is 0 Å². The van der Waals surface area contributed by atoms with E-state index in [0.29, 0.717) is 25.3 Å². The van der Waals surface area contributed by atoms with Gasteiger partial charge in [0, 0.05) is 31.9 Å². The molecule has 1 aliphatic heterocycles. The molecule has 2 heterocycles. The number of amides is 1. The minimum Gasteiger partial charge on any atom is -0.352 e. The summed E-state index contributed by atoms with van der Waals surface area (Å²) in [7, 11) is 0. The second-order valence-corrected chi connectivity index (χ2v) is 7.30. The van der Waals surface area contributed by atoms with Gasteiger partial charge in [-0.05, 0) is 36.8 Å². The topological polar surface area (TPSA) is 61.4 Å². The average Bonchev–Trinajstić information content (AvgIpc) is 2.77. The second-order valence-electron chi connectivity index (χ2n) is 7.30. The molecule has 1 aliphatic rings. The van der Waals surface area contributed by atoms with Crippen molar-refractivity contribution in [3.05, 3.63) is 77.9 Å². The second kappa shape index (κ2) is 8.73. The highest BCUT2D eigenvalue weighted by atomic mass is 16.2. The van der Waals surface area contributed by atoms with E-state index in [4.69, 9.17) is 0 Å². The van der Waals surface area contributed by atoms with E-state index >= 15 is 0 Å². The van der Waals surface area contributed by atoms with Gasteiger partial charge in [0.2, 0.25) is 5.91 Å². The summed E-state index contributed by atoms with van der Waals surface area (Å²) in [5.41, 5.74) is 3.27. The zero-order valence-electron chi connectivity index (χ0n) is 16.6. The first-order chi connectivity index (χ1) is 14.2. The van der Waals surface area contributed by atoms with Crippen LogP contribution < -0.4 is 10.2 Å². The van der Waals surface area contributed by atoms with E-state index in [2.05, 4.69) is 39.5 Å². The lowest BCUT2D eigenvalue weighted by Gasteiger charge is -2.35. The molecule has 1 fully saturated rings. The van der Waals surface area contributed by atoms with Crippen LogP contribution in [-0.4, -0.2) is 47.2 Å². The van der Waals surface area contributed by atoms with Gasteiger partial charge in [-0.3, -0.25) is 4.79 Å². The average molecular weight is 387 g/mol. The molecule has 0 saturated carbocycles. The fourth-order valence-corrected chi connectivity index (χ4v) is 3.41. The van der Waals surface area contributed by atoms with E-state index in [-0.39, 0.29) is 5.91 Å². The van der Waals surface area contributed by atoms with Gasteiger partial charge in [-0.2, -0.15) is 0 Å². The number of rotatable bonds is 5. The third-order valence-electron chi connectivity index (χ3n) is 5.13. The largest absolute Gasteiger partial charge is 0.352 e. The molecule has 0 unspecified atom stereocenters. The number of aromatic nitrogens is 2. The Kier molecular flexibility index (Phi) is 5.70. The van der Waals surface area contributed by atoms with Gasteiger partial charge in [-0.25, -0.2) is 0 Å². The molecule has 0 aliphatic carbocycles. The van der Waals surface area contributed by atoms with Crippen molar-refractivity contribution in [3.63, 3.8) is 0 Å². The van der Waals surface area contributed by atoms with Crippen molar-refractivity contribution in [1.29, 1.82) is 0 Å². The van der Waals surface area contributed by atoms with E-state index in [9.17, 15) is 4.79 Å². The number of aryl methyl sites for hydroxylation is 1. The fraction of sp³-hybridized carbons (Fsp3) is 0.261. The minimum atomic E-state index is 0.180. The summed E-state index contributed by atoms with van der Waals surface area (Å²) in [6, 6.07) is 22.0. The molecule has 1 saturated heterocycles. The highest BCUT2D eigenvalue weighted by Crippen LogP contribution is 2.18. The summed E-state index contributed by atoms with van der Waals surface area (Å²) in [4.78, 5) is 16.6. The van der Waals surface area contributed by atoms with Crippen LogP contribution in [0.25, 0.3) is 0 Å². The number of carbonyl (C=O) groups is 1. The van der Waals surface area contributed by atoms with Crippen molar-refractivity contribution in [2.45, 2.75) is 13.3 Å². The van der Waals surface area contributed by atoms with Crippen molar-refractivity contribution < 1.29 is 4.79 Å². The molecule has 4 rings (SSSR count). The standard InChI is InChI=1S/C23H25N5O/c1-18-7-9-20(10-8-18)24-21-11-12-22(26-25-21)27-13-15-28(16-14-27)23(29)17-19-5-3-2-4-6-19/h2-12H,13-17H2,1H3,(H,24,25). The number of hydrogen-bond donors (Lipinski definition) is 1. The maximum Gasteiger partial charge on any atom is 0.227 e. The SMILES string of the molecule is Cc1ccc(Nc2ccc(N3CCN(C(=O)Cc4ccccc4)CC3)nn2)cc1. The Morgan fingerprint density at radius 1 is 0.897 bits per heavy atom. The first-order valence-corrected chi connectivity index (χ1v) is 9.91. The quantitative estimate of drug-likeness (QED) is 0.727. The number of nitrogens with one attached hydrogen (secondary N) is 1. The minimum absolute atomic E-state index is 0.180. The summed E-state index contributed by atoms with van der Waals surface area (Å²) < 4.78 is 0. The van der Waals surface area contributed by atoms with E-state index < -0.39 is 0 Å². The first kappa shape index (κ1) is 18.9. The lowest BCUT2D eigenvalue weighted by Crippen LogP contribution is -2.49. The molecule has 2 aromatic carbocycles. The van der Waals surface area contributed by atoms with Crippen LogP contribution in [-0.2, 0) is 11.2 Å². The number of anilines is 3. The van der Waals surface area contributed by atoms with Crippen molar-refractivity contribution in [1.82, 2.24) is 15.1 Å². The van der Waals surface area contributed by atoms with E-state index in [0.717, 1.165) is 30.2 Å². The van der Waals surface area contributed by atoms with Gasteiger partial charge in [-0.15, -0.1) is 10.2 Å². The highest BCUT2D eigenvalue weighted by molar-refractivity contribution is 5.79. The Bertz CT molecular complexity index is 933. The Hall–Kier alpha value is -3.41. The molecule has 29 heavy (non-hydrogen) atoms. The molecule has 1 amide bonds. The lowest BCUT2D eigenvalue weighted by atomic mass is 10.1. The molecule has 6 nitrogen and oxygen atoms in total. The molecule has 0 bridgehead atoms. The number of hydrogen-bond acceptors (Lipinski definition) is 5. The van der Waals surface area contributed by atoms with Gasteiger partial charge >= 0.3 is 0 Å². The van der Waals surface area contributed by atoms with Gasteiger partial charge in [-0.1, -0.05) is 48.0 Å². The van der Waals surface area contributed by atoms with Crippen molar-refractivity contribution >= 4 is 23.2 Å². The molecular formula is C23H25N5O. The number of piperazine rings is 1. The summed E-state index contributed by atoms with van der Waals surface area (Å²) in [5.74, 6) is 1.74. The van der Waals surface area contributed by atoms with Crippen LogP contribution in [0.5, 0.6) is 0 Å². The molecule has 1 N–H and O–H groups in total.